The van der Waals surface area contributed by atoms with Crippen LogP contribution in [0.3, 0.4) is 0 Å². The van der Waals surface area contributed by atoms with E-state index in [1.54, 1.807) is 0 Å². The molecular formula is C17H29NO. The molecule has 0 aliphatic carbocycles. The Morgan fingerprint density at radius 2 is 1.84 bits per heavy atom. The van der Waals surface area contributed by atoms with Gasteiger partial charge >= 0.3 is 0 Å². The van der Waals surface area contributed by atoms with Gasteiger partial charge in [-0.2, -0.15) is 0 Å². The minimum Gasteiger partial charge on any atom is -0.493 e. The molecular weight excluding hydrogens is 234 g/mol. The minimum absolute atomic E-state index is 0.504. The van der Waals surface area contributed by atoms with Crippen molar-refractivity contribution in [3.8, 4) is 5.75 Å². The molecule has 0 saturated heterocycles. The van der Waals surface area contributed by atoms with Gasteiger partial charge in [-0.05, 0) is 56.2 Å². The molecule has 19 heavy (non-hydrogen) atoms. The normalized spacial score (nSPS) is 12.8. The maximum absolute atomic E-state index is 6.05. The molecule has 0 radical (unpaired) electrons. The molecule has 0 aliphatic heterocycles. The average molecular weight is 263 g/mol. The van der Waals surface area contributed by atoms with E-state index >= 15 is 0 Å². The Hall–Kier alpha value is -1.02. The SMILES string of the molecule is Cc1cc(C)c(OCC(C)C)c(C(C)CCCN)c1. The summed E-state index contributed by atoms with van der Waals surface area (Å²) >= 11 is 0. The second-order valence-electron chi connectivity index (χ2n) is 6.04. The van der Waals surface area contributed by atoms with Crippen LogP contribution in [0.25, 0.3) is 0 Å². The zero-order valence-electron chi connectivity index (χ0n) is 13.1. The Bertz CT molecular complexity index is 398. The number of nitrogens with two attached hydrogens (primary N) is 1. The van der Waals surface area contributed by atoms with E-state index in [2.05, 4.69) is 46.8 Å². The lowest BCUT2D eigenvalue weighted by molar-refractivity contribution is 0.265. The molecule has 0 aliphatic rings. The Balaban J connectivity index is 2.98. The van der Waals surface area contributed by atoms with Crippen molar-refractivity contribution in [2.45, 2.75) is 53.4 Å². The van der Waals surface area contributed by atoms with Gasteiger partial charge in [0.05, 0.1) is 6.61 Å². The molecule has 1 unspecified atom stereocenters. The molecule has 1 atom stereocenters. The Morgan fingerprint density at radius 1 is 1.16 bits per heavy atom. The van der Waals surface area contributed by atoms with E-state index in [1.807, 2.05) is 0 Å². The lowest BCUT2D eigenvalue weighted by Crippen LogP contribution is -2.10. The predicted octanol–water partition coefficient (Wildman–Crippen LogP) is 4.18. The molecule has 108 valence electrons. The maximum Gasteiger partial charge on any atom is 0.125 e. The molecule has 0 bridgehead atoms. The van der Waals surface area contributed by atoms with E-state index in [0.717, 1.165) is 31.7 Å². The number of ether oxygens (including phenoxy) is 1. The molecule has 2 N–H and O–H groups in total. The fraction of sp³-hybridized carbons (Fsp3) is 0.647. The summed E-state index contributed by atoms with van der Waals surface area (Å²) < 4.78 is 6.05. The van der Waals surface area contributed by atoms with E-state index in [4.69, 9.17) is 10.5 Å². The van der Waals surface area contributed by atoms with Crippen LogP contribution in [0.5, 0.6) is 5.75 Å². The third kappa shape index (κ3) is 4.87. The van der Waals surface area contributed by atoms with E-state index in [0.29, 0.717) is 11.8 Å². The number of rotatable bonds is 7. The van der Waals surface area contributed by atoms with Crippen molar-refractivity contribution in [3.05, 3.63) is 28.8 Å². The first-order chi connectivity index (χ1) is 8.95. The molecule has 0 aromatic heterocycles. The van der Waals surface area contributed by atoms with E-state index < -0.39 is 0 Å². The summed E-state index contributed by atoms with van der Waals surface area (Å²) in [5.41, 5.74) is 9.51. The number of benzene rings is 1. The monoisotopic (exact) mass is 263 g/mol. The molecule has 2 heteroatoms. The lowest BCUT2D eigenvalue weighted by atomic mass is 9.92. The van der Waals surface area contributed by atoms with Crippen molar-refractivity contribution >= 4 is 0 Å². The second-order valence-corrected chi connectivity index (χ2v) is 6.04. The van der Waals surface area contributed by atoms with Crippen LogP contribution in [0.1, 0.15) is 56.2 Å². The van der Waals surface area contributed by atoms with Gasteiger partial charge in [0.15, 0.2) is 0 Å². The smallest absolute Gasteiger partial charge is 0.125 e. The number of hydrogen-bond donors (Lipinski definition) is 1. The largest absolute Gasteiger partial charge is 0.493 e. The first-order valence-corrected chi connectivity index (χ1v) is 7.39. The molecule has 0 amide bonds. The molecule has 1 aromatic carbocycles. The molecule has 0 saturated carbocycles. The highest BCUT2D eigenvalue weighted by atomic mass is 16.5. The summed E-state index contributed by atoms with van der Waals surface area (Å²) in [6.45, 7) is 12.5. The van der Waals surface area contributed by atoms with Gasteiger partial charge in [0.2, 0.25) is 0 Å². The first-order valence-electron chi connectivity index (χ1n) is 7.39. The van der Waals surface area contributed by atoms with Crippen LogP contribution in [0.4, 0.5) is 0 Å². The van der Waals surface area contributed by atoms with Crippen molar-refractivity contribution in [2.24, 2.45) is 11.7 Å². The summed E-state index contributed by atoms with van der Waals surface area (Å²) in [5.74, 6) is 2.14. The predicted molar refractivity (Wildman–Crippen MR) is 83.0 cm³/mol. The number of hydrogen-bond acceptors (Lipinski definition) is 2. The molecule has 0 spiro atoms. The molecule has 2 nitrogen and oxygen atoms in total. The minimum atomic E-state index is 0.504. The molecule has 0 heterocycles. The Kier molecular flexibility index (Phi) is 6.36. The summed E-state index contributed by atoms with van der Waals surface area (Å²) in [6.07, 6.45) is 2.19. The lowest BCUT2D eigenvalue weighted by Gasteiger charge is -2.20. The van der Waals surface area contributed by atoms with Gasteiger partial charge in [0, 0.05) is 0 Å². The third-order valence-corrected chi connectivity index (χ3v) is 3.38. The zero-order valence-corrected chi connectivity index (χ0v) is 13.1. The van der Waals surface area contributed by atoms with Crippen molar-refractivity contribution in [1.82, 2.24) is 0 Å². The Labute approximate surface area is 118 Å². The van der Waals surface area contributed by atoms with E-state index in [1.165, 1.54) is 16.7 Å². The summed E-state index contributed by atoms with van der Waals surface area (Å²) in [4.78, 5) is 0. The van der Waals surface area contributed by atoms with Crippen LogP contribution in [-0.4, -0.2) is 13.2 Å². The van der Waals surface area contributed by atoms with Crippen LogP contribution in [0.2, 0.25) is 0 Å². The highest BCUT2D eigenvalue weighted by Gasteiger charge is 2.15. The van der Waals surface area contributed by atoms with Crippen LogP contribution >= 0.6 is 0 Å². The summed E-state index contributed by atoms with van der Waals surface area (Å²) in [7, 11) is 0. The van der Waals surface area contributed by atoms with E-state index in [9.17, 15) is 0 Å². The highest BCUT2D eigenvalue weighted by molar-refractivity contribution is 5.45. The van der Waals surface area contributed by atoms with Gasteiger partial charge < -0.3 is 10.5 Å². The summed E-state index contributed by atoms with van der Waals surface area (Å²) in [5, 5.41) is 0. The van der Waals surface area contributed by atoms with Crippen LogP contribution in [0, 0.1) is 19.8 Å². The Morgan fingerprint density at radius 3 is 2.42 bits per heavy atom. The number of aryl methyl sites for hydroxylation is 2. The van der Waals surface area contributed by atoms with Crippen molar-refractivity contribution in [3.63, 3.8) is 0 Å². The van der Waals surface area contributed by atoms with Gasteiger partial charge in [-0.25, -0.2) is 0 Å². The van der Waals surface area contributed by atoms with Crippen molar-refractivity contribution in [1.29, 1.82) is 0 Å². The van der Waals surface area contributed by atoms with Crippen LogP contribution < -0.4 is 10.5 Å². The van der Waals surface area contributed by atoms with Gasteiger partial charge in [-0.3, -0.25) is 0 Å². The zero-order chi connectivity index (χ0) is 14.4. The molecule has 1 rings (SSSR count). The van der Waals surface area contributed by atoms with Gasteiger partial charge in [-0.15, -0.1) is 0 Å². The van der Waals surface area contributed by atoms with Crippen molar-refractivity contribution in [2.75, 3.05) is 13.2 Å². The van der Waals surface area contributed by atoms with Gasteiger partial charge in [0.25, 0.3) is 0 Å². The maximum atomic E-state index is 6.05. The fourth-order valence-corrected chi connectivity index (χ4v) is 2.38. The molecule has 0 fully saturated rings. The molecule has 1 aromatic rings. The summed E-state index contributed by atoms with van der Waals surface area (Å²) in [6, 6.07) is 4.47. The van der Waals surface area contributed by atoms with Crippen LogP contribution in [0.15, 0.2) is 12.1 Å². The van der Waals surface area contributed by atoms with Gasteiger partial charge in [-0.1, -0.05) is 38.5 Å². The third-order valence-electron chi connectivity index (χ3n) is 3.38. The average Bonchev–Trinajstić information content (AvgIpc) is 2.33. The standard InChI is InChI=1S/C17H29NO/c1-12(2)11-19-17-15(5)9-13(3)10-16(17)14(4)7-6-8-18/h9-10,12,14H,6-8,11,18H2,1-5H3. The van der Waals surface area contributed by atoms with E-state index in [-0.39, 0.29) is 0 Å². The first kappa shape index (κ1) is 16.0. The highest BCUT2D eigenvalue weighted by Crippen LogP contribution is 2.33. The topological polar surface area (TPSA) is 35.2 Å². The fourth-order valence-electron chi connectivity index (χ4n) is 2.38. The second kappa shape index (κ2) is 7.54. The van der Waals surface area contributed by atoms with Crippen molar-refractivity contribution < 1.29 is 4.74 Å². The van der Waals surface area contributed by atoms with Gasteiger partial charge in [0.1, 0.15) is 5.75 Å². The van der Waals surface area contributed by atoms with Crippen LogP contribution in [-0.2, 0) is 0 Å². The quantitative estimate of drug-likeness (QED) is 0.801.